The Balaban J connectivity index is 2.20. The third kappa shape index (κ3) is 3.37. The van der Waals surface area contributed by atoms with Crippen molar-refractivity contribution >= 4 is 27.3 Å². The van der Waals surface area contributed by atoms with Crippen LogP contribution in [0.5, 0.6) is 0 Å². The highest BCUT2D eigenvalue weighted by Crippen LogP contribution is 2.29. The second-order valence-corrected chi connectivity index (χ2v) is 6.46. The Morgan fingerprint density at radius 1 is 1.22 bits per heavy atom. The van der Waals surface area contributed by atoms with E-state index in [9.17, 15) is 8.78 Å². The molecular formula is C13H12BrF2NS. The molecule has 2 aromatic rings. The Morgan fingerprint density at radius 2 is 1.89 bits per heavy atom. The topological polar surface area (TPSA) is 12.0 Å². The molecule has 0 amide bonds. The fraction of sp³-hybridized carbons (Fsp3) is 0.231. The van der Waals surface area contributed by atoms with Crippen molar-refractivity contribution in [2.45, 2.75) is 12.5 Å². The van der Waals surface area contributed by atoms with E-state index in [2.05, 4.69) is 21.2 Å². The van der Waals surface area contributed by atoms with Crippen LogP contribution in [0.25, 0.3) is 0 Å². The molecule has 0 aliphatic carbocycles. The average molecular weight is 332 g/mol. The van der Waals surface area contributed by atoms with Crippen molar-refractivity contribution in [3.63, 3.8) is 0 Å². The molecule has 0 saturated heterocycles. The minimum absolute atomic E-state index is 0.0579. The summed E-state index contributed by atoms with van der Waals surface area (Å²) in [5.41, 5.74) is 0.649. The molecule has 0 spiro atoms. The molecule has 1 atom stereocenters. The quantitative estimate of drug-likeness (QED) is 0.881. The van der Waals surface area contributed by atoms with Crippen LogP contribution in [0.1, 0.15) is 16.5 Å². The zero-order valence-corrected chi connectivity index (χ0v) is 12.1. The summed E-state index contributed by atoms with van der Waals surface area (Å²) in [5.74, 6) is -1.07. The van der Waals surface area contributed by atoms with Gasteiger partial charge in [-0.05, 0) is 59.2 Å². The molecule has 0 radical (unpaired) electrons. The van der Waals surface area contributed by atoms with Crippen molar-refractivity contribution < 1.29 is 8.78 Å². The number of nitrogens with one attached hydrogen (secondary N) is 1. The van der Waals surface area contributed by atoms with Crippen LogP contribution in [0, 0.1) is 11.6 Å². The lowest BCUT2D eigenvalue weighted by molar-refractivity contribution is 0.565. The predicted octanol–water partition coefficient (Wildman–Crippen LogP) is 4.29. The molecule has 0 bridgehead atoms. The monoisotopic (exact) mass is 331 g/mol. The summed E-state index contributed by atoms with van der Waals surface area (Å²) in [4.78, 5) is 1.13. The van der Waals surface area contributed by atoms with Gasteiger partial charge in [-0.2, -0.15) is 0 Å². The summed E-state index contributed by atoms with van der Waals surface area (Å²) in [6, 6.07) is 7.66. The van der Waals surface area contributed by atoms with E-state index >= 15 is 0 Å². The van der Waals surface area contributed by atoms with Crippen LogP contribution >= 0.6 is 27.3 Å². The standard InChI is InChI=1S/C13H12BrF2NS/c1-17-11(12-2-3-13(14)18-12)6-8-4-9(15)7-10(16)5-8/h2-5,7,11,17H,6H2,1H3. The van der Waals surface area contributed by atoms with Gasteiger partial charge in [0.15, 0.2) is 0 Å². The molecule has 2 rings (SSSR count). The molecule has 18 heavy (non-hydrogen) atoms. The summed E-state index contributed by atoms with van der Waals surface area (Å²) in [5, 5.41) is 3.16. The van der Waals surface area contributed by atoms with Crippen molar-refractivity contribution in [1.82, 2.24) is 5.32 Å². The summed E-state index contributed by atoms with van der Waals surface area (Å²) in [7, 11) is 1.84. The fourth-order valence-corrected chi connectivity index (χ4v) is 3.36. The molecule has 0 aliphatic heterocycles. The molecule has 1 aromatic heterocycles. The number of halogens is 3. The molecule has 0 aliphatic rings. The molecule has 0 saturated carbocycles. The summed E-state index contributed by atoms with van der Waals surface area (Å²) >= 11 is 5.02. The van der Waals surface area contributed by atoms with E-state index in [4.69, 9.17) is 0 Å². The molecule has 1 N–H and O–H groups in total. The minimum atomic E-state index is -0.535. The average Bonchev–Trinajstić information content (AvgIpc) is 2.71. The van der Waals surface area contributed by atoms with E-state index in [0.29, 0.717) is 12.0 Å². The maximum Gasteiger partial charge on any atom is 0.126 e. The fourth-order valence-electron chi connectivity index (χ4n) is 1.82. The van der Waals surface area contributed by atoms with Gasteiger partial charge in [0.25, 0.3) is 0 Å². The van der Waals surface area contributed by atoms with Gasteiger partial charge in [-0.1, -0.05) is 0 Å². The van der Waals surface area contributed by atoms with Crippen LogP contribution in [0.3, 0.4) is 0 Å². The van der Waals surface area contributed by atoms with Crippen molar-refractivity contribution in [3.05, 3.63) is 56.2 Å². The molecular weight excluding hydrogens is 320 g/mol. The van der Waals surface area contributed by atoms with E-state index in [-0.39, 0.29) is 6.04 Å². The Labute approximate surface area is 117 Å². The van der Waals surface area contributed by atoms with Gasteiger partial charge < -0.3 is 5.32 Å². The van der Waals surface area contributed by atoms with Crippen molar-refractivity contribution in [3.8, 4) is 0 Å². The highest BCUT2D eigenvalue weighted by Gasteiger charge is 2.13. The van der Waals surface area contributed by atoms with E-state index in [0.717, 1.165) is 14.7 Å². The lowest BCUT2D eigenvalue weighted by Gasteiger charge is -2.14. The SMILES string of the molecule is CNC(Cc1cc(F)cc(F)c1)c1ccc(Br)s1. The molecule has 5 heteroatoms. The third-order valence-electron chi connectivity index (χ3n) is 2.65. The predicted molar refractivity (Wildman–Crippen MR) is 73.9 cm³/mol. The van der Waals surface area contributed by atoms with E-state index in [1.165, 1.54) is 12.1 Å². The van der Waals surface area contributed by atoms with Gasteiger partial charge in [-0.25, -0.2) is 8.78 Å². The first-order valence-corrected chi connectivity index (χ1v) is 7.07. The van der Waals surface area contributed by atoms with Crippen LogP contribution in [0.4, 0.5) is 8.78 Å². The number of rotatable bonds is 4. The highest BCUT2D eigenvalue weighted by atomic mass is 79.9. The van der Waals surface area contributed by atoms with Crippen LogP contribution < -0.4 is 5.32 Å². The van der Waals surface area contributed by atoms with Gasteiger partial charge in [-0.15, -0.1) is 11.3 Å². The van der Waals surface area contributed by atoms with Crippen molar-refractivity contribution in [2.75, 3.05) is 7.05 Å². The Hall–Kier alpha value is -0.780. The summed E-state index contributed by atoms with van der Waals surface area (Å²) in [6.45, 7) is 0. The van der Waals surface area contributed by atoms with Crippen LogP contribution in [0.2, 0.25) is 0 Å². The minimum Gasteiger partial charge on any atom is -0.312 e. The first-order chi connectivity index (χ1) is 8.58. The third-order valence-corrected chi connectivity index (χ3v) is 4.39. The molecule has 0 fully saturated rings. The van der Waals surface area contributed by atoms with E-state index in [1.807, 2.05) is 19.2 Å². The van der Waals surface area contributed by atoms with Gasteiger partial charge in [-0.3, -0.25) is 0 Å². The van der Waals surface area contributed by atoms with Gasteiger partial charge in [0.2, 0.25) is 0 Å². The van der Waals surface area contributed by atoms with Crippen molar-refractivity contribution in [2.24, 2.45) is 0 Å². The van der Waals surface area contributed by atoms with Crippen LogP contribution in [0.15, 0.2) is 34.1 Å². The largest absolute Gasteiger partial charge is 0.312 e. The lowest BCUT2D eigenvalue weighted by Crippen LogP contribution is -2.17. The normalized spacial score (nSPS) is 12.7. The maximum absolute atomic E-state index is 13.1. The van der Waals surface area contributed by atoms with Gasteiger partial charge in [0.1, 0.15) is 11.6 Å². The molecule has 96 valence electrons. The highest BCUT2D eigenvalue weighted by molar-refractivity contribution is 9.11. The molecule has 1 unspecified atom stereocenters. The molecule has 1 aromatic carbocycles. The summed E-state index contributed by atoms with van der Waals surface area (Å²) in [6.07, 6.45) is 0.554. The smallest absolute Gasteiger partial charge is 0.126 e. The Kier molecular flexibility index (Phi) is 4.48. The number of benzene rings is 1. The van der Waals surface area contributed by atoms with Gasteiger partial charge in [0, 0.05) is 17.0 Å². The lowest BCUT2D eigenvalue weighted by atomic mass is 10.0. The number of likely N-dealkylation sites (N-methyl/N-ethyl adjacent to an activating group) is 1. The first-order valence-electron chi connectivity index (χ1n) is 5.46. The second-order valence-electron chi connectivity index (χ2n) is 3.96. The maximum atomic E-state index is 13.1. The van der Waals surface area contributed by atoms with E-state index in [1.54, 1.807) is 11.3 Å². The van der Waals surface area contributed by atoms with Crippen molar-refractivity contribution in [1.29, 1.82) is 0 Å². The Morgan fingerprint density at radius 3 is 2.39 bits per heavy atom. The summed E-state index contributed by atoms with van der Waals surface area (Å²) < 4.78 is 27.3. The van der Waals surface area contributed by atoms with Gasteiger partial charge in [0.05, 0.1) is 3.79 Å². The first kappa shape index (κ1) is 13.6. The zero-order chi connectivity index (χ0) is 13.1. The molecule has 1 heterocycles. The molecule has 1 nitrogen and oxygen atoms in total. The van der Waals surface area contributed by atoms with E-state index < -0.39 is 11.6 Å². The van der Waals surface area contributed by atoms with Crippen LogP contribution in [-0.2, 0) is 6.42 Å². The number of hydrogen-bond acceptors (Lipinski definition) is 2. The Bertz CT molecular complexity index is 521. The van der Waals surface area contributed by atoms with Crippen LogP contribution in [-0.4, -0.2) is 7.05 Å². The van der Waals surface area contributed by atoms with Gasteiger partial charge >= 0.3 is 0 Å². The second kappa shape index (κ2) is 5.91. The number of hydrogen-bond donors (Lipinski definition) is 1. The number of thiophene rings is 1. The zero-order valence-electron chi connectivity index (χ0n) is 9.71.